The van der Waals surface area contributed by atoms with E-state index in [9.17, 15) is 0 Å². The van der Waals surface area contributed by atoms with Crippen LogP contribution >= 0.6 is 11.8 Å². The Kier molecular flexibility index (Phi) is 4.46. The first kappa shape index (κ1) is 14.3. The molecule has 0 aromatic carbocycles. The van der Waals surface area contributed by atoms with Gasteiger partial charge in [-0.1, -0.05) is 43.3 Å². The summed E-state index contributed by atoms with van der Waals surface area (Å²) in [6.45, 7) is 6.95. The van der Waals surface area contributed by atoms with Gasteiger partial charge in [0.1, 0.15) is 0 Å². The second-order valence-corrected chi connectivity index (χ2v) is 6.55. The largest absolute Gasteiger partial charge is 0.231 e. The van der Waals surface area contributed by atoms with Gasteiger partial charge in [0, 0.05) is 12.1 Å². The monoisotopic (exact) mass is 274 g/mol. The van der Waals surface area contributed by atoms with Gasteiger partial charge in [0.25, 0.3) is 0 Å². The van der Waals surface area contributed by atoms with Crippen LogP contribution in [-0.2, 0) is 0 Å². The van der Waals surface area contributed by atoms with Gasteiger partial charge in [0.05, 0.1) is 5.69 Å². The molecule has 2 nitrogen and oxygen atoms in total. The maximum absolute atomic E-state index is 4.49. The molecule has 0 fully saturated rings. The van der Waals surface area contributed by atoms with Gasteiger partial charge >= 0.3 is 0 Å². The fraction of sp³-hybridized carbons (Fsp3) is 0.500. The summed E-state index contributed by atoms with van der Waals surface area (Å²) < 4.78 is 0. The average Bonchev–Trinajstić information content (AvgIpc) is 2.37. The molecule has 1 unspecified atom stereocenters. The van der Waals surface area contributed by atoms with Crippen molar-refractivity contribution in [3.05, 3.63) is 35.7 Å². The molecule has 1 heterocycles. The van der Waals surface area contributed by atoms with Gasteiger partial charge in [-0.2, -0.15) is 0 Å². The molecule has 0 N–H and O–H groups in total. The molecule has 1 aromatic rings. The fourth-order valence-electron chi connectivity index (χ4n) is 2.72. The summed E-state index contributed by atoms with van der Waals surface area (Å²) in [6.07, 6.45) is 13.1. The number of nitrogens with zero attached hydrogens (tertiary/aromatic N) is 2. The van der Waals surface area contributed by atoms with Crippen LogP contribution in [-0.4, -0.2) is 16.2 Å². The Labute approximate surface area is 120 Å². The van der Waals surface area contributed by atoms with Crippen LogP contribution in [0.25, 0.3) is 6.08 Å². The van der Waals surface area contributed by atoms with E-state index in [-0.39, 0.29) is 0 Å². The quantitative estimate of drug-likeness (QED) is 0.458. The first-order valence-corrected chi connectivity index (χ1v) is 7.97. The third-order valence-corrected chi connectivity index (χ3v) is 4.45. The van der Waals surface area contributed by atoms with Crippen molar-refractivity contribution >= 4 is 17.8 Å². The third kappa shape index (κ3) is 3.47. The second kappa shape index (κ2) is 5.91. The molecule has 102 valence electrons. The fourth-order valence-corrected chi connectivity index (χ4v) is 3.09. The predicted molar refractivity (Wildman–Crippen MR) is 83.1 cm³/mol. The van der Waals surface area contributed by atoms with Crippen molar-refractivity contribution in [1.82, 2.24) is 9.97 Å². The predicted octanol–water partition coefficient (Wildman–Crippen LogP) is 4.59. The van der Waals surface area contributed by atoms with Crippen LogP contribution in [0.5, 0.6) is 0 Å². The highest BCUT2D eigenvalue weighted by Gasteiger charge is 2.30. The summed E-state index contributed by atoms with van der Waals surface area (Å²) in [4.78, 5) is 8.70. The van der Waals surface area contributed by atoms with Gasteiger partial charge in [-0.15, -0.1) is 0 Å². The van der Waals surface area contributed by atoms with Gasteiger partial charge in [-0.3, -0.25) is 0 Å². The molecule has 0 amide bonds. The summed E-state index contributed by atoms with van der Waals surface area (Å²) in [5.41, 5.74) is 2.81. The zero-order chi connectivity index (χ0) is 13.9. The van der Waals surface area contributed by atoms with Crippen molar-refractivity contribution in [3.8, 4) is 0 Å². The summed E-state index contributed by atoms with van der Waals surface area (Å²) >= 11 is 1.58. The molecule has 0 bridgehead atoms. The van der Waals surface area contributed by atoms with E-state index in [1.807, 2.05) is 18.5 Å². The van der Waals surface area contributed by atoms with Crippen LogP contribution in [0.1, 0.15) is 39.3 Å². The van der Waals surface area contributed by atoms with E-state index < -0.39 is 0 Å². The minimum atomic E-state index is 0.338. The molecule has 2 rings (SSSR count). The Morgan fingerprint density at radius 1 is 1.42 bits per heavy atom. The SMILES string of the molecule is CSc1nccc(/C=C/C2C(C)=CCCC2(C)C)n1. The van der Waals surface area contributed by atoms with E-state index >= 15 is 0 Å². The highest BCUT2D eigenvalue weighted by Crippen LogP contribution is 2.41. The van der Waals surface area contributed by atoms with E-state index in [1.165, 1.54) is 18.4 Å². The van der Waals surface area contributed by atoms with Crippen molar-refractivity contribution in [2.24, 2.45) is 11.3 Å². The van der Waals surface area contributed by atoms with E-state index in [4.69, 9.17) is 0 Å². The van der Waals surface area contributed by atoms with Crippen molar-refractivity contribution in [2.75, 3.05) is 6.26 Å². The number of hydrogen-bond donors (Lipinski definition) is 0. The van der Waals surface area contributed by atoms with Gasteiger partial charge in [-0.25, -0.2) is 9.97 Å². The van der Waals surface area contributed by atoms with Crippen LogP contribution in [0, 0.1) is 11.3 Å². The van der Waals surface area contributed by atoms with E-state index in [0.29, 0.717) is 11.3 Å². The van der Waals surface area contributed by atoms with Gasteiger partial charge in [-0.05, 0) is 43.6 Å². The third-order valence-electron chi connectivity index (χ3n) is 3.88. The highest BCUT2D eigenvalue weighted by molar-refractivity contribution is 7.98. The first-order chi connectivity index (χ1) is 9.03. The van der Waals surface area contributed by atoms with E-state index in [2.05, 4.69) is 49.0 Å². The lowest BCUT2D eigenvalue weighted by molar-refractivity contribution is 0.256. The maximum atomic E-state index is 4.49. The average molecular weight is 274 g/mol. The Morgan fingerprint density at radius 3 is 2.89 bits per heavy atom. The highest BCUT2D eigenvalue weighted by atomic mass is 32.2. The maximum Gasteiger partial charge on any atom is 0.187 e. The number of rotatable bonds is 3. The molecule has 0 radical (unpaired) electrons. The zero-order valence-electron chi connectivity index (χ0n) is 12.2. The van der Waals surface area contributed by atoms with Crippen molar-refractivity contribution < 1.29 is 0 Å². The lowest BCUT2D eigenvalue weighted by Gasteiger charge is -2.36. The molecule has 1 atom stereocenters. The van der Waals surface area contributed by atoms with Crippen LogP contribution in [0.4, 0.5) is 0 Å². The molecule has 1 aliphatic rings. The zero-order valence-corrected chi connectivity index (χ0v) is 13.0. The second-order valence-electron chi connectivity index (χ2n) is 5.78. The Morgan fingerprint density at radius 2 is 2.21 bits per heavy atom. The summed E-state index contributed by atoms with van der Waals surface area (Å²) in [7, 11) is 0. The number of allylic oxidation sites excluding steroid dienone is 3. The standard InChI is InChI=1S/C16H22N2S/c1-12-6-5-10-16(2,3)14(12)8-7-13-9-11-17-15(18-13)19-4/h6-9,11,14H,5,10H2,1-4H3/b8-7+. The van der Waals surface area contributed by atoms with Crippen LogP contribution < -0.4 is 0 Å². The minimum absolute atomic E-state index is 0.338. The Hall–Kier alpha value is -1.09. The summed E-state index contributed by atoms with van der Waals surface area (Å²) in [5.74, 6) is 0.508. The lowest BCUT2D eigenvalue weighted by atomic mass is 9.68. The van der Waals surface area contributed by atoms with Crippen LogP contribution in [0.3, 0.4) is 0 Å². The van der Waals surface area contributed by atoms with Crippen LogP contribution in [0.2, 0.25) is 0 Å². The molecule has 1 aromatic heterocycles. The Bertz CT molecular complexity index is 503. The molecule has 0 spiro atoms. The Balaban J connectivity index is 2.21. The van der Waals surface area contributed by atoms with E-state index in [0.717, 1.165) is 10.9 Å². The smallest absolute Gasteiger partial charge is 0.187 e. The molecule has 3 heteroatoms. The molecule has 0 saturated heterocycles. The van der Waals surface area contributed by atoms with Crippen molar-refractivity contribution in [1.29, 1.82) is 0 Å². The van der Waals surface area contributed by atoms with Gasteiger partial charge < -0.3 is 0 Å². The molecule has 0 aliphatic heterocycles. The van der Waals surface area contributed by atoms with Gasteiger partial charge in [0.15, 0.2) is 5.16 Å². The normalized spacial score (nSPS) is 22.5. The summed E-state index contributed by atoms with van der Waals surface area (Å²) in [6, 6.07) is 1.96. The number of aromatic nitrogens is 2. The first-order valence-electron chi connectivity index (χ1n) is 6.75. The van der Waals surface area contributed by atoms with E-state index in [1.54, 1.807) is 11.8 Å². The van der Waals surface area contributed by atoms with Crippen molar-refractivity contribution in [2.45, 2.75) is 38.8 Å². The topological polar surface area (TPSA) is 25.8 Å². The molecule has 19 heavy (non-hydrogen) atoms. The number of hydrogen-bond acceptors (Lipinski definition) is 3. The minimum Gasteiger partial charge on any atom is -0.231 e. The molecular formula is C16H22N2S. The lowest BCUT2D eigenvalue weighted by Crippen LogP contribution is -2.26. The number of thioether (sulfide) groups is 1. The molecule has 1 aliphatic carbocycles. The molecule has 0 saturated carbocycles. The molecular weight excluding hydrogens is 252 g/mol. The van der Waals surface area contributed by atoms with Crippen LogP contribution in [0.15, 0.2) is 35.1 Å². The van der Waals surface area contributed by atoms with Gasteiger partial charge in [0.2, 0.25) is 0 Å². The van der Waals surface area contributed by atoms with Crippen molar-refractivity contribution in [3.63, 3.8) is 0 Å². The summed E-state index contributed by atoms with van der Waals surface area (Å²) in [5, 5.41) is 0.831.